The lowest BCUT2D eigenvalue weighted by Gasteiger charge is -2.11. The minimum atomic E-state index is 0.624. The molecular weight excluding hydrogens is 1220 g/mol. The Hall–Kier alpha value is -13.6. The molecule has 0 aliphatic rings. The molecule has 100 heavy (non-hydrogen) atoms. The molecule has 0 amide bonds. The lowest BCUT2D eigenvalue weighted by atomic mass is 9.94. The highest BCUT2D eigenvalue weighted by molar-refractivity contribution is 6.22. The van der Waals surface area contributed by atoms with Crippen molar-refractivity contribution in [3.8, 4) is 113 Å². The average molecular weight is 1280 g/mol. The van der Waals surface area contributed by atoms with Gasteiger partial charge in [0.05, 0.1) is 44.8 Å². The van der Waals surface area contributed by atoms with Crippen molar-refractivity contribution < 1.29 is 8.83 Å². The molecule has 466 valence electrons. The molecule has 20 aromatic rings. The molecule has 0 atom stereocenters. The van der Waals surface area contributed by atoms with Crippen LogP contribution >= 0.6 is 0 Å². The fraction of sp³-hybridized carbons (Fsp3) is 0. The number of hydrogen-bond donors (Lipinski definition) is 0. The first kappa shape index (κ1) is 56.8. The molecule has 6 aromatic heterocycles. The van der Waals surface area contributed by atoms with Crippen molar-refractivity contribution in [3.63, 3.8) is 0 Å². The number of benzene rings is 14. The van der Waals surface area contributed by atoms with Gasteiger partial charge in [-0.15, -0.1) is 0 Å². The van der Waals surface area contributed by atoms with Gasteiger partial charge in [0.1, 0.15) is 22.3 Å². The number of rotatable bonds is 11. The van der Waals surface area contributed by atoms with Gasteiger partial charge in [-0.3, -0.25) is 0 Å². The second-order valence-corrected chi connectivity index (χ2v) is 25.6. The second-order valence-electron chi connectivity index (χ2n) is 25.6. The van der Waals surface area contributed by atoms with Gasteiger partial charge in [-0.25, -0.2) is 19.9 Å². The highest BCUT2D eigenvalue weighted by atomic mass is 16.3. The molecule has 0 unspecified atom stereocenters. The van der Waals surface area contributed by atoms with Gasteiger partial charge in [-0.1, -0.05) is 212 Å². The predicted molar refractivity (Wildman–Crippen MR) is 410 cm³/mol. The zero-order valence-corrected chi connectivity index (χ0v) is 53.8. The van der Waals surface area contributed by atoms with Gasteiger partial charge < -0.3 is 18.0 Å². The zero-order valence-electron chi connectivity index (χ0n) is 53.8. The molecule has 14 aromatic carbocycles. The van der Waals surface area contributed by atoms with Crippen molar-refractivity contribution in [1.82, 2.24) is 29.1 Å². The summed E-state index contributed by atoms with van der Waals surface area (Å²) in [4.78, 5) is 21.3. The summed E-state index contributed by atoms with van der Waals surface area (Å²) in [6, 6.07) is 120. The lowest BCUT2D eigenvalue weighted by Crippen LogP contribution is -1.96. The SMILES string of the molecule is c1ccc(-c2cc(-c3ccc4oc5cccc(-c6ccc7c(c6)c6ccccc6n7-c6ccccc6)c5c4c3)nc(-c3cccc(-c4ccc5c(c4)c4c(-c6cccc7oc8ccc(-c9nc(-c%10ccccc%10)cc(-c%10ccccc%10)n9)cc8c67)cccc4n5-c4ccccc4)c3)n2)cc1. The molecule has 0 aliphatic carbocycles. The highest BCUT2D eigenvalue weighted by Crippen LogP contribution is 2.47. The van der Waals surface area contributed by atoms with E-state index < -0.39 is 0 Å². The molecule has 0 saturated carbocycles. The van der Waals surface area contributed by atoms with Gasteiger partial charge in [0, 0.05) is 87.8 Å². The van der Waals surface area contributed by atoms with Crippen LogP contribution in [0.1, 0.15) is 0 Å². The summed E-state index contributed by atoms with van der Waals surface area (Å²) in [5.74, 6) is 1.26. The standard InChI is InChI=1S/C92H56N6O2/c1-6-22-57(23-7-1)76-55-77(58-24-8-2-9-25-58)95-92(94-76)65-45-49-85-75(54-65)90-71(37-21-41-87(90)100-85)70-36-19-39-83-88(70)73-51-61(42-46-82(73)98(83)67-32-14-5-15-33-67)60-28-18-29-64(50-60)91-93-78(59-26-10-3-11-27-59)56-79(96-91)63-44-48-84-74(53-63)89-68(35-20-40-86(89)99-84)62-43-47-81-72(52-62)69-34-16-17-38-80(69)97(81)66-30-12-4-13-31-66/h1-56H. The molecule has 0 spiro atoms. The fourth-order valence-corrected chi connectivity index (χ4v) is 15.2. The van der Waals surface area contributed by atoms with Crippen LogP contribution in [0.3, 0.4) is 0 Å². The Kier molecular flexibility index (Phi) is 13.1. The average Bonchev–Trinajstić information content (AvgIpc) is 1.57. The Balaban J connectivity index is 0.713. The number of para-hydroxylation sites is 3. The summed E-state index contributed by atoms with van der Waals surface area (Å²) in [6.07, 6.45) is 0. The maximum absolute atomic E-state index is 6.77. The van der Waals surface area contributed by atoms with E-state index >= 15 is 0 Å². The lowest BCUT2D eigenvalue weighted by molar-refractivity contribution is 0.668. The normalized spacial score (nSPS) is 11.8. The van der Waals surface area contributed by atoms with Crippen molar-refractivity contribution in [2.45, 2.75) is 0 Å². The van der Waals surface area contributed by atoms with Crippen LogP contribution in [0, 0.1) is 0 Å². The third kappa shape index (κ3) is 9.45. The van der Waals surface area contributed by atoms with Crippen LogP contribution in [0.25, 0.3) is 200 Å². The highest BCUT2D eigenvalue weighted by Gasteiger charge is 2.24. The third-order valence-corrected chi connectivity index (χ3v) is 19.8. The summed E-state index contributed by atoms with van der Waals surface area (Å²) in [7, 11) is 0. The molecule has 6 heterocycles. The Bertz CT molecular complexity index is 6570. The first-order valence-electron chi connectivity index (χ1n) is 33.7. The molecule has 0 fully saturated rings. The van der Waals surface area contributed by atoms with E-state index in [-0.39, 0.29) is 0 Å². The van der Waals surface area contributed by atoms with Crippen molar-refractivity contribution in [1.29, 1.82) is 0 Å². The number of hydrogen-bond acceptors (Lipinski definition) is 6. The number of nitrogens with zero attached hydrogens (tertiary/aromatic N) is 6. The molecule has 0 bridgehead atoms. The quantitative estimate of drug-likeness (QED) is 0.128. The molecule has 8 nitrogen and oxygen atoms in total. The van der Waals surface area contributed by atoms with Gasteiger partial charge in [-0.2, -0.15) is 0 Å². The first-order valence-corrected chi connectivity index (χ1v) is 33.7. The molecule has 0 aliphatic heterocycles. The van der Waals surface area contributed by atoms with Crippen LogP contribution in [0.4, 0.5) is 0 Å². The van der Waals surface area contributed by atoms with Gasteiger partial charge in [-0.05, 0) is 161 Å². The predicted octanol–water partition coefficient (Wildman–Crippen LogP) is 24.3. The van der Waals surface area contributed by atoms with Gasteiger partial charge in [0.15, 0.2) is 11.6 Å². The maximum Gasteiger partial charge on any atom is 0.160 e. The van der Waals surface area contributed by atoms with E-state index in [2.05, 4.69) is 306 Å². The summed E-state index contributed by atoms with van der Waals surface area (Å²) in [6.45, 7) is 0. The van der Waals surface area contributed by atoms with Crippen LogP contribution in [0.2, 0.25) is 0 Å². The van der Waals surface area contributed by atoms with Crippen molar-refractivity contribution in [2.24, 2.45) is 0 Å². The fourth-order valence-electron chi connectivity index (χ4n) is 15.2. The van der Waals surface area contributed by atoms with Crippen LogP contribution in [0.5, 0.6) is 0 Å². The van der Waals surface area contributed by atoms with Gasteiger partial charge in [0.25, 0.3) is 0 Å². The largest absolute Gasteiger partial charge is 0.456 e. The minimum absolute atomic E-state index is 0.624. The van der Waals surface area contributed by atoms with Crippen LogP contribution < -0.4 is 0 Å². The Morgan fingerprint density at radius 1 is 0.200 bits per heavy atom. The summed E-state index contributed by atoms with van der Waals surface area (Å²) in [5.41, 5.74) is 25.6. The Morgan fingerprint density at radius 2 is 0.580 bits per heavy atom. The molecular formula is C92H56N6O2. The molecule has 0 saturated heterocycles. The monoisotopic (exact) mass is 1280 g/mol. The first-order chi connectivity index (χ1) is 49.5. The van der Waals surface area contributed by atoms with E-state index in [1.807, 2.05) is 42.5 Å². The summed E-state index contributed by atoms with van der Waals surface area (Å²) < 4.78 is 18.2. The third-order valence-electron chi connectivity index (χ3n) is 19.8. The van der Waals surface area contributed by atoms with Crippen LogP contribution in [0.15, 0.2) is 349 Å². The number of furan rings is 2. The summed E-state index contributed by atoms with van der Waals surface area (Å²) >= 11 is 0. The molecule has 0 radical (unpaired) electrons. The maximum atomic E-state index is 6.77. The Morgan fingerprint density at radius 3 is 1.19 bits per heavy atom. The number of aromatic nitrogens is 6. The van der Waals surface area contributed by atoms with Crippen molar-refractivity contribution in [3.05, 3.63) is 340 Å². The van der Waals surface area contributed by atoms with Crippen LogP contribution in [-0.4, -0.2) is 29.1 Å². The topological polar surface area (TPSA) is 87.7 Å². The van der Waals surface area contributed by atoms with Gasteiger partial charge >= 0.3 is 0 Å². The van der Waals surface area contributed by atoms with E-state index in [4.69, 9.17) is 28.8 Å². The molecule has 20 rings (SSSR count). The molecule has 8 heteroatoms. The van der Waals surface area contributed by atoms with E-state index in [0.717, 1.165) is 172 Å². The van der Waals surface area contributed by atoms with Crippen molar-refractivity contribution in [2.75, 3.05) is 0 Å². The summed E-state index contributed by atoms with van der Waals surface area (Å²) in [5, 5.41) is 8.74. The Labute approximate surface area is 574 Å². The van der Waals surface area contributed by atoms with Crippen LogP contribution in [-0.2, 0) is 0 Å². The zero-order chi connectivity index (χ0) is 65.8. The van der Waals surface area contributed by atoms with E-state index in [1.165, 1.54) is 16.3 Å². The molecule has 0 N–H and O–H groups in total. The van der Waals surface area contributed by atoms with E-state index in [9.17, 15) is 0 Å². The van der Waals surface area contributed by atoms with Gasteiger partial charge in [0.2, 0.25) is 0 Å². The smallest absolute Gasteiger partial charge is 0.160 e. The second kappa shape index (κ2) is 23.1. The van der Waals surface area contributed by atoms with E-state index in [0.29, 0.717) is 11.6 Å². The van der Waals surface area contributed by atoms with E-state index in [1.54, 1.807) is 0 Å². The van der Waals surface area contributed by atoms with Crippen molar-refractivity contribution >= 4 is 87.5 Å². The number of fused-ring (bicyclic) bond motifs is 12. The minimum Gasteiger partial charge on any atom is -0.456 e.